The molecular weight excluding hydrogens is 398 g/mol. The Morgan fingerprint density at radius 3 is 2.71 bits per heavy atom. The van der Waals surface area contributed by atoms with Crippen molar-refractivity contribution in [2.45, 2.75) is 49.9 Å². The molecule has 1 N–H and O–H groups in total. The molecule has 4 saturated heterocycles. The van der Waals surface area contributed by atoms with E-state index in [1.54, 1.807) is 6.20 Å². The summed E-state index contributed by atoms with van der Waals surface area (Å²) in [6.45, 7) is 3.73. The molecule has 2 atom stereocenters. The third-order valence-electron chi connectivity index (χ3n) is 7.09. The predicted octanol–water partition coefficient (Wildman–Crippen LogP) is -0.547. The second kappa shape index (κ2) is 7.96. The molecule has 1 spiro atoms. The minimum Gasteiger partial charge on any atom is -0.392 e. The smallest absolute Gasteiger partial charge is 0.252 e. The Bertz CT molecular complexity index is 872. The van der Waals surface area contributed by atoms with Gasteiger partial charge in [0, 0.05) is 58.4 Å². The first-order valence-corrected chi connectivity index (χ1v) is 11.2. The van der Waals surface area contributed by atoms with Crippen LogP contribution in [0.4, 0.5) is 0 Å². The van der Waals surface area contributed by atoms with E-state index >= 15 is 0 Å². The molecule has 31 heavy (non-hydrogen) atoms. The van der Waals surface area contributed by atoms with Gasteiger partial charge in [-0.25, -0.2) is 0 Å². The molecule has 0 radical (unpaired) electrons. The highest BCUT2D eigenvalue weighted by Crippen LogP contribution is 2.40. The van der Waals surface area contributed by atoms with Crippen molar-refractivity contribution in [2.24, 2.45) is 0 Å². The molecule has 0 aliphatic carbocycles. The SMILES string of the molecule is O=C1CCCN1CCCN1C(=O)[C@@H]2C[C@@H](O)CN2C2(CN(Cc3ccccn3)C2)C1=O. The zero-order valence-electron chi connectivity index (χ0n) is 17.7. The van der Waals surface area contributed by atoms with E-state index in [0.717, 1.165) is 18.7 Å². The molecule has 5 heterocycles. The first-order valence-electron chi connectivity index (χ1n) is 11.2. The van der Waals surface area contributed by atoms with Crippen LogP contribution in [0.2, 0.25) is 0 Å². The zero-order chi connectivity index (χ0) is 21.6. The molecule has 0 aromatic carbocycles. The molecule has 4 fully saturated rings. The lowest BCUT2D eigenvalue weighted by Gasteiger charge is -2.58. The molecular formula is C22H29N5O4. The minimum absolute atomic E-state index is 0.155. The lowest BCUT2D eigenvalue weighted by atomic mass is 9.82. The van der Waals surface area contributed by atoms with Crippen molar-refractivity contribution >= 4 is 17.7 Å². The lowest BCUT2D eigenvalue weighted by Crippen LogP contribution is -2.81. The third kappa shape index (κ3) is 3.54. The van der Waals surface area contributed by atoms with Crippen LogP contribution in [0, 0.1) is 0 Å². The molecule has 1 aromatic rings. The van der Waals surface area contributed by atoms with E-state index in [1.807, 2.05) is 28.0 Å². The summed E-state index contributed by atoms with van der Waals surface area (Å²) in [5, 5.41) is 10.3. The number of pyridine rings is 1. The summed E-state index contributed by atoms with van der Waals surface area (Å²) in [5.41, 5.74) is 0.190. The Morgan fingerprint density at radius 2 is 2.00 bits per heavy atom. The molecule has 9 nitrogen and oxygen atoms in total. The maximum atomic E-state index is 13.5. The first kappa shape index (κ1) is 20.5. The van der Waals surface area contributed by atoms with Gasteiger partial charge < -0.3 is 10.0 Å². The van der Waals surface area contributed by atoms with Crippen LogP contribution in [0.3, 0.4) is 0 Å². The summed E-state index contributed by atoms with van der Waals surface area (Å²) in [5.74, 6) is -0.210. The largest absolute Gasteiger partial charge is 0.392 e. The number of hydrogen-bond donors (Lipinski definition) is 1. The van der Waals surface area contributed by atoms with Crippen LogP contribution < -0.4 is 0 Å². The fourth-order valence-electron chi connectivity index (χ4n) is 5.59. The Hall–Kier alpha value is -2.36. The minimum atomic E-state index is -0.756. The fraction of sp³-hybridized carbons (Fsp3) is 0.636. The highest BCUT2D eigenvalue weighted by molar-refractivity contribution is 6.06. The van der Waals surface area contributed by atoms with Crippen LogP contribution in [0.25, 0.3) is 0 Å². The number of aromatic nitrogens is 1. The molecule has 3 amide bonds. The fourth-order valence-corrected chi connectivity index (χ4v) is 5.59. The summed E-state index contributed by atoms with van der Waals surface area (Å²) < 4.78 is 0. The first-order chi connectivity index (χ1) is 15.0. The quantitative estimate of drug-likeness (QED) is 0.609. The number of hydrogen-bond acceptors (Lipinski definition) is 7. The van der Waals surface area contributed by atoms with Crippen molar-refractivity contribution < 1.29 is 19.5 Å². The molecule has 5 rings (SSSR count). The van der Waals surface area contributed by atoms with Crippen LogP contribution >= 0.6 is 0 Å². The van der Waals surface area contributed by atoms with Gasteiger partial charge in [0.15, 0.2) is 0 Å². The van der Waals surface area contributed by atoms with Gasteiger partial charge in [-0.15, -0.1) is 0 Å². The summed E-state index contributed by atoms with van der Waals surface area (Å²) in [6, 6.07) is 5.34. The van der Waals surface area contributed by atoms with E-state index in [9.17, 15) is 19.5 Å². The van der Waals surface area contributed by atoms with Gasteiger partial charge in [-0.3, -0.25) is 34.1 Å². The Kier molecular flexibility index (Phi) is 5.27. The van der Waals surface area contributed by atoms with Gasteiger partial charge in [-0.05, 0) is 31.4 Å². The Balaban J connectivity index is 1.28. The molecule has 9 heteroatoms. The average Bonchev–Trinajstić information content (AvgIpc) is 3.32. The van der Waals surface area contributed by atoms with Gasteiger partial charge in [-0.1, -0.05) is 6.07 Å². The third-order valence-corrected chi connectivity index (χ3v) is 7.09. The Labute approximate surface area is 181 Å². The molecule has 0 saturated carbocycles. The van der Waals surface area contributed by atoms with Gasteiger partial charge >= 0.3 is 0 Å². The number of carbonyl (C=O) groups excluding carboxylic acids is 3. The van der Waals surface area contributed by atoms with Crippen LogP contribution in [-0.4, -0.2) is 104 Å². The van der Waals surface area contributed by atoms with Crippen molar-refractivity contribution in [1.82, 2.24) is 24.6 Å². The molecule has 4 aliphatic rings. The maximum absolute atomic E-state index is 13.5. The highest BCUT2D eigenvalue weighted by Gasteiger charge is 2.64. The topological polar surface area (TPSA) is 97.3 Å². The van der Waals surface area contributed by atoms with Crippen LogP contribution in [0.15, 0.2) is 24.4 Å². The van der Waals surface area contributed by atoms with E-state index in [0.29, 0.717) is 58.5 Å². The number of rotatable bonds is 6. The standard InChI is InChI=1S/C22H29N5O4/c28-17-11-18-20(30)26(10-4-9-25-8-3-6-19(25)29)21(31)22(27(18)13-17)14-24(15-22)12-16-5-1-2-7-23-16/h1-2,5,7,17-18,28H,3-4,6,8-15H2/t17-,18+/m1/s1. The van der Waals surface area contributed by atoms with Gasteiger partial charge in [0.2, 0.25) is 11.8 Å². The van der Waals surface area contributed by atoms with Crippen LogP contribution in [0.1, 0.15) is 31.4 Å². The Morgan fingerprint density at radius 1 is 1.16 bits per heavy atom. The number of aliphatic hydroxyl groups excluding tert-OH is 1. The normalized spacial score (nSPS) is 28.5. The number of β-amino-alcohol motifs (C(OH)–C–C–N with tert-alkyl or cyclic N) is 1. The van der Waals surface area contributed by atoms with E-state index < -0.39 is 17.7 Å². The number of aliphatic hydroxyl groups is 1. The predicted molar refractivity (Wildman–Crippen MR) is 111 cm³/mol. The summed E-state index contributed by atoms with van der Waals surface area (Å²) in [4.78, 5) is 50.2. The second-order valence-electron chi connectivity index (χ2n) is 9.19. The van der Waals surface area contributed by atoms with Crippen molar-refractivity contribution in [2.75, 3.05) is 39.3 Å². The number of likely N-dealkylation sites (tertiary alicyclic amines) is 2. The summed E-state index contributed by atoms with van der Waals surface area (Å²) in [7, 11) is 0. The van der Waals surface area contributed by atoms with Gasteiger partial charge in [0.05, 0.1) is 17.8 Å². The van der Waals surface area contributed by atoms with E-state index in [1.165, 1.54) is 4.90 Å². The van der Waals surface area contributed by atoms with Crippen molar-refractivity contribution in [1.29, 1.82) is 0 Å². The lowest BCUT2D eigenvalue weighted by molar-refractivity contribution is -0.180. The maximum Gasteiger partial charge on any atom is 0.252 e. The van der Waals surface area contributed by atoms with E-state index in [4.69, 9.17) is 0 Å². The monoisotopic (exact) mass is 427 g/mol. The van der Waals surface area contributed by atoms with Crippen LogP contribution in [-0.2, 0) is 20.9 Å². The van der Waals surface area contributed by atoms with Gasteiger partial charge in [0.25, 0.3) is 5.91 Å². The number of amides is 3. The number of imide groups is 1. The number of nitrogens with zero attached hydrogens (tertiary/aromatic N) is 5. The number of carbonyl (C=O) groups is 3. The van der Waals surface area contributed by atoms with Gasteiger partial charge in [0.1, 0.15) is 5.54 Å². The van der Waals surface area contributed by atoms with E-state index in [-0.39, 0.29) is 17.7 Å². The van der Waals surface area contributed by atoms with Crippen LogP contribution in [0.5, 0.6) is 0 Å². The summed E-state index contributed by atoms with van der Waals surface area (Å²) >= 11 is 0. The number of fused-ring (bicyclic) bond motifs is 2. The second-order valence-corrected chi connectivity index (χ2v) is 9.19. The molecule has 0 bridgehead atoms. The molecule has 166 valence electrons. The van der Waals surface area contributed by atoms with Crippen molar-refractivity contribution in [3.05, 3.63) is 30.1 Å². The molecule has 1 aromatic heterocycles. The average molecular weight is 428 g/mol. The van der Waals surface area contributed by atoms with E-state index in [2.05, 4.69) is 9.88 Å². The van der Waals surface area contributed by atoms with Crippen molar-refractivity contribution in [3.8, 4) is 0 Å². The van der Waals surface area contributed by atoms with Crippen molar-refractivity contribution in [3.63, 3.8) is 0 Å². The number of piperazine rings is 1. The van der Waals surface area contributed by atoms with Gasteiger partial charge in [-0.2, -0.15) is 0 Å². The molecule has 0 unspecified atom stereocenters. The highest BCUT2D eigenvalue weighted by atomic mass is 16.3. The summed E-state index contributed by atoms with van der Waals surface area (Å²) in [6.07, 6.45) is 3.60. The molecule has 4 aliphatic heterocycles. The zero-order valence-corrected chi connectivity index (χ0v) is 17.7.